The molecular weight excluding hydrogens is 238 g/mol. The zero-order valence-corrected chi connectivity index (χ0v) is 10.8. The fourth-order valence-electron chi connectivity index (χ4n) is 2.29. The van der Waals surface area contributed by atoms with Crippen LogP contribution in [0.4, 0.5) is 5.69 Å². The molecule has 1 aliphatic rings. The number of aliphatic hydroxyl groups is 1. The van der Waals surface area contributed by atoms with Crippen LogP contribution in [-0.2, 0) is 11.3 Å². The van der Waals surface area contributed by atoms with E-state index >= 15 is 0 Å². The maximum Gasteiger partial charge on any atom is 0.0702 e. The van der Waals surface area contributed by atoms with Crippen molar-refractivity contribution in [3.05, 3.63) is 28.8 Å². The Hall–Kier alpha value is -0.770. The molecule has 0 saturated carbocycles. The normalized spacial score (nSPS) is 17.1. The van der Waals surface area contributed by atoms with Gasteiger partial charge < -0.3 is 14.7 Å². The zero-order chi connectivity index (χ0) is 12.3. The molecule has 0 unspecified atom stereocenters. The predicted molar refractivity (Wildman–Crippen MR) is 69.6 cm³/mol. The third-order valence-electron chi connectivity index (χ3n) is 3.33. The molecule has 1 aromatic carbocycles. The third kappa shape index (κ3) is 2.92. The maximum absolute atomic E-state index is 9.38. The lowest BCUT2D eigenvalue weighted by Crippen LogP contribution is -2.37. The van der Waals surface area contributed by atoms with Gasteiger partial charge in [-0.3, -0.25) is 0 Å². The number of hydrogen-bond acceptors (Lipinski definition) is 3. The van der Waals surface area contributed by atoms with Crippen LogP contribution in [0.5, 0.6) is 0 Å². The van der Waals surface area contributed by atoms with Gasteiger partial charge in [0, 0.05) is 42.6 Å². The second kappa shape index (κ2) is 5.71. The highest BCUT2D eigenvalue weighted by molar-refractivity contribution is 6.30. The fraction of sp³-hybridized carbons (Fsp3) is 0.538. The third-order valence-corrected chi connectivity index (χ3v) is 3.57. The molecule has 1 N–H and O–H groups in total. The molecule has 1 heterocycles. The highest BCUT2D eigenvalue weighted by Gasteiger charge is 2.20. The van der Waals surface area contributed by atoms with E-state index in [2.05, 4.69) is 11.9 Å². The maximum atomic E-state index is 9.38. The molecule has 0 bridgehead atoms. The van der Waals surface area contributed by atoms with Crippen LogP contribution in [0.3, 0.4) is 0 Å². The summed E-state index contributed by atoms with van der Waals surface area (Å²) in [6, 6.07) is 6.15. The van der Waals surface area contributed by atoms with Gasteiger partial charge in [0.25, 0.3) is 0 Å². The SMILES string of the molecule is CN(c1ccc(Cl)cc1CO)C1CCOCC1. The average Bonchev–Trinajstić information content (AvgIpc) is 2.39. The van der Waals surface area contributed by atoms with Crippen molar-refractivity contribution in [1.29, 1.82) is 0 Å². The van der Waals surface area contributed by atoms with Gasteiger partial charge in [-0.1, -0.05) is 11.6 Å². The molecule has 0 radical (unpaired) electrons. The molecule has 17 heavy (non-hydrogen) atoms. The highest BCUT2D eigenvalue weighted by atomic mass is 35.5. The van der Waals surface area contributed by atoms with E-state index in [0.717, 1.165) is 37.3 Å². The number of rotatable bonds is 3. The molecule has 1 saturated heterocycles. The first-order valence-corrected chi connectivity index (χ1v) is 6.30. The Morgan fingerprint density at radius 1 is 1.41 bits per heavy atom. The topological polar surface area (TPSA) is 32.7 Å². The Labute approximate surface area is 107 Å². The molecule has 4 heteroatoms. The van der Waals surface area contributed by atoms with Crippen LogP contribution >= 0.6 is 11.6 Å². The van der Waals surface area contributed by atoms with Crippen molar-refractivity contribution in [3.63, 3.8) is 0 Å². The first-order chi connectivity index (χ1) is 8.22. The van der Waals surface area contributed by atoms with Gasteiger partial charge in [-0.25, -0.2) is 0 Å². The van der Waals surface area contributed by atoms with Crippen molar-refractivity contribution >= 4 is 17.3 Å². The summed E-state index contributed by atoms with van der Waals surface area (Å²) in [5, 5.41) is 10.0. The highest BCUT2D eigenvalue weighted by Crippen LogP contribution is 2.27. The summed E-state index contributed by atoms with van der Waals surface area (Å²) in [5.74, 6) is 0. The van der Waals surface area contributed by atoms with Gasteiger partial charge >= 0.3 is 0 Å². The molecule has 94 valence electrons. The summed E-state index contributed by atoms with van der Waals surface area (Å²) >= 11 is 5.94. The van der Waals surface area contributed by atoms with E-state index in [1.165, 1.54) is 0 Å². The minimum absolute atomic E-state index is 0.0173. The lowest BCUT2D eigenvalue weighted by Gasteiger charge is -2.34. The lowest BCUT2D eigenvalue weighted by atomic mass is 10.1. The predicted octanol–water partition coefficient (Wildman–Crippen LogP) is 2.45. The van der Waals surface area contributed by atoms with E-state index < -0.39 is 0 Å². The summed E-state index contributed by atoms with van der Waals surface area (Å²) < 4.78 is 5.36. The van der Waals surface area contributed by atoms with E-state index in [9.17, 15) is 5.11 Å². The molecule has 2 rings (SSSR count). The van der Waals surface area contributed by atoms with Crippen molar-refractivity contribution in [2.75, 3.05) is 25.2 Å². The van der Waals surface area contributed by atoms with Gasteiger partial charge in [-0.15, -0.1) is 0 Å². The quantitative estimate of drug-likeness (QED) is 0.901. The summed E-state index contributed by atoms with van der Waals surface area (Å²) in [7, 11) is 2.07. The molecule has 0 amide bonds. The summed E-state index contributed by atoms with van der Waals surface area (Å²) in [5.41, 5.74) is 1.94. The van der Waals surface area contributed by atoms with Crippen molar-refractivity contribution in [2.45, 2.75) is 25.5 Å². The van der Waals surface area contributed by atoms with E-state index in [-0.39, 0.29) is 6.61 Å². The monoisotopic (exact) mass is 255 g/mol. The van der Waals surface area contributed by atoms with Crippen LogP contribution in [0.25, 0.3) is 0 Å². The van der Waals surface area contributed by atoms with Crippen molar-refractivity contribution in [2.24, 2.45) is 0 Å². The minimum Gasteiger partial charge on any atom is -0.392 e. The van der Waals surface area contributed by atoms with Crippen LogP contribution in [0, 0.1) is 0 Å². The van der Waals surface area contributed by atoms with Crippen LogP contribution in [0.2, 0.25) is 5.02 Å². The fourth-order valence-corrected chi connectivity index (χ4v) is 2.49. The van der Waals surface area contributed by atoms with Crippen molar-refractivity contribution in [3.8, 4) is 0 Å². The van der Waals surface area contributed by atoms with Gasteiger partial charge in [0.15, 0.2) is 0 Å². The van der Waals surface area contributed by atoms with Gasteiger partial charge in [-0.05, 0) is 31.0 Å². The molecule has 0 spiro atoms. The number of nitrogens with zero attached hydrogens (tertiary/aromatic N) is 1. The number of hydrogen-bond donors (Lipinski definition) is 1. The molecule has 1 aliphatic heterocycles. The summed E-state index contributed by atoms with van der Waals surface area (Å²) in [6.45, 7) is 1.65. The average molecular weight is 256 g/mol. The number of anilines is 1. The van der Waals surface area contributed by atoms with Gasteiger partial charge in [0.05, 0.1) is 6.61 Å². The Morgan fingerprint density at radius 3 is 2.76 bits per heavy atom. The number of aliphatic hydroxyl groups excluding tert-OH is 1. The number of ether oxygens (including phenoxy) is 1. The Morgan fingerprint density at radius 2 is 2.12 bits per heavy atom. The second-order valence-corrected chi connectivity index (χ2v) is 4.82. The molecule has 0 aliphatic carbocycles. The Balaban J connectivity index is 2.19. The number of benzene rings is 1. The van der Waals surface area contributed by atoms with Crippen LogP contribution < -0.4 is 4.90 Å². The van der Waals surface area contributed by atoms with E-state index in [1.807, 2.05) is 18.2 Å². The van der Waals surface area contributed by atoms with Crippen LogP contribution in [0.15, 0.2) is 18.2 Å². The van der Waals surface area contributed by atoms with Gasteiger partial charge in [0.2, 0.25) is 0 Å². The molecule has 3 nitrogen and oxygen atoms in total. The molecule has 0 atom stereocenters. The lowest BCUT2D eigenvalue weighted by molar-refractivity contribution is 0.0854. The molecule has 0 aromatic heterocycles. The van der Waals surface area contributed by atoms with Gasteiger partial charge in [-0.2, -0.15) is 0 Å². The number of halogens is 1. The summed E-state index contributed by atoms with van der Waals surface area (Å²) in [4.78, 5) is 2.23. The minimum atomic E-state index is 0.0173. The first-order valence-electron chi connectivity index (χ1n) is 5.92. The summed E-state index contributed by atoms with van der Waals surface area (Å²) in [6.07, 6.45) is 2.06. The van der Waals surface area contributed by atoms with E-state index in [1.54, 1.807) is 0 Å². The standard InChI is InChI=1S/C13H18ClNO2/c1-15(12-4-6-17-7-5-12)13-3-2-11(14)8-10(13)9-16/h2-3,8,12,16H,4-7,9H2,1H3. The second-order valence-electron chi connectivity index (χ2n) is 4.39. The molecular formula is C13H18ClNO2. The largest absolute Gasteiger partial charge is 0.392 e. The van der Waals surface area contributed by atoms with Crippen LogP contribution in [-0.4, -0.2) is 31.4 Å². The zero-order valence-electron chi connectivity index (χ0n) is 10.0. The van der Waals surface area contributed by atoms with Gasteiger partial charge in [0.1, 0.15) is 0 Å². The van der Waals surface area contributed by atoms with Crippen molar-refractivity contribution < 1.29 is 9.84 Å². The molecule has 1 fully saturated rings. The smallest absolute Gasteiger partial charge is 0.0702 e. The first kappa shape index (κ1) is 12.7. The van der Waals surface area contributed by atoms with E-state index in [0.29, 0.717) is 11.1 Å². The molecule has 1 aromatic rings. The Bertz CT molecular complexity index is 378. The van der Waals surface area contributed by atoms with Crippen LogP contribution in [0.1, 0.15) is 18.4 Å². The van der Waals surface area contributed by atoms with E-state index in [4.69, 9.17) is 16.3 Å². The Kier molecular flexibility index (Phi) is 4.26. The van der Waals surface area contributed by atoms with Crippen molar-refractivity contribution in [1.82, 2.24) is 0 Å².